The number of aromatic nitrogens is 1. The van der Waals surface area contributed by atoms with E-state index in [1.165, 1.54) is 5.56 Å². The summed E-state index contributed by atoms with van der Waals surface area (Å²) in [5, 5.41) is 0.739. The maximum atomic E-state index is 5.90. The minimum Gasteiger partial charge on any atom is -0.433 e. The third kappa shape index (κ3) is 3.74. The smallest absolute Gasteiger partial charge is 0.200 e. The first kappa shape index (κ1) is 14.4. The summed E-state index contributed by atoms with van der Waals surface area (Å²) in [5.74, 6) is 0.719. The molecule has 106 valence electrons. The molecule has 0 aliphatic heterocycles. The Morgan fingerprint density at radius 1 is 0.905 bits per heavy atom. The molecule has 1 heterocycles. The summed E-state index contributed by atoms with van der Waals surface area (Å²) in [6.07, 6.45) is 1.41. The van der Waals surface area contributed by atoms with E-state index in [1.54, 1.807) is 0 Å². The van der Waals surface area contributed by atoms with Gasteiger partial charge >= 0.3 is 0 Å². The summed E-state index contributed by atoms with van der Waals surface area (Å²) < 4.78 is 6.39. The van der Waals surface area contributed by atoms with Gasteiger partial charge in [-0.3, -0.25) is 0 Å². The Hall–Kier alpha value is -1.58. The molecule has 0 radical (unpaired) electrons. The molecule has 0 fully saturated rings. The molecule has 1 aromatic heterocycles. The van der Waals surface area contributed by atoms with Gasteiger partial charge in [-0.15, -0.1) is 0 Å². The van der Waals surface area contributed by atoms with Crippen LogP contribution in [0, 0.1) is 0 Å². The van der Waals surface area contributed by atoms with E-state index >= 15 is 0 Å². The number of nitrogens with zero attached hydrogens (tertiary/aromatic N) is 1. The van der Waals surface area contributed by atoms with Crippen LogP contribution >= 0.6 is 27.5 Å². The minimum atomic E-state index is 0.695. The normalized spacial score (nSPS) is 10.8. The number of hydrogen-bond donors (Lipinski definition) is 0. The fraction of sp³-hybridized carbons (Fsp3) is 0.118. The van der Waals surface area contributed by atoms with Gasteiger partial charge in [-0.05, 0) is 39.2 Å². The summed E-state index contributed by atoms with van der Waals surface area (Å²) in [5.41, 5.74) is 3.24. The molecular weight excluding hydrogens is 350 g/mol. The number of rotatable bonds is 4. The highest BCUT2D eigenvalue weighted by Crippen LogP contribution is 2.23. The van der Waals surface area contributed by atoms with Crippen LogP contribution in [0.1, 0.15) is 22.7 Å². The highest BCUT2D eigenvalue weighted by Gasteiger charge is 2.12. The van der Waals surface area contributed by atoms with Gasteiger partial charge in [0.1, 0.15) is 0 Å². The van der Waals surface area contributed by atoms with Crippen molar-refractivity contribution in [1.82, 2.24) is 4.98 Å². The van der Waals surface area contributed by atoms with E-state index in [9.17, 15) is 0 Å². The molecule has 0 N–H and O–H groups in total. The molecule has 2 nitrogen and oxygen atoms in total. The second-order valence-corrected chi connectivity index (χ2v) is 5.95. The Morgan fingerprint density at radius 3 is 2.29 bits per heavy atom. The Balaban J connectivity index is 1.76. The van der Waals surface area contributed by atoms with Crippen molar-refractivity contribution in [2.75, 3.05) is 0 Å². The van der Waals surface area contributed by atoms with Crippen molar-refractivity contribution < 1.29 is 4.42 Å². The van der Waals surface area contributed by atoms with Crippen molar-refractivity contribution in [3.05, 3.63) is 87.0 Å². The molecular formula is C17H13BrClNO. The summed E-state index contributed by atoms with van der Waals surface area (Å²) in [6.45, 7) is 0. The van der Waals surface area contributed by atoms with E-state index in [1.807, 2.05) is 42.5 Å². The lowest BCUT2D eigenvalue weighted by molar-refractivity contribution is 0.485. The lowest BCUT2D eigenvalue weighted by Crippen LogP contribution is -1.91. The molecule has 3 aromatic rings. The zero-order valence-electron chi connectivity index (χ0n) is 11.2. The van der Waals surface area contributed by atoms with Gasteiger partial charge in [0.05, 0.1) is 5.69 Å². The summed E-state index contributed by atoms with van der Waals surface area (Å²) in [7, 11) is 0. The van der Waals surface area contributed by atoms with E-state index in [-0.39, 0.29) is 0 Å². The molecule has 0 saturated carbocycles. The maximum Gasteiger partial charge on any atom is 0.200 e. The van der Waals surface area contributed by atoms with Crippen molar-refractivity contribution in [1.29, 1.82) is 0 Å². The zero-order chi connectivity index (χ0) is 14.7. The van der Waals surface area contributed by atoms with Gasteiger partial charge in [0.15, 0.2) is 10.6 Å². The standard InChI is InChI=1S/C17H13BrClNO/c18-17-15(10-13-6-8-14(19)9-7-13)20-16(21-17)11-12-4-2-1-3-5-12/h1-9H,10-11H2. The molecule has 4 heteroatoms. The fourth-order valence-corrected chi connectivity index (χ4v) is 2.67. The SMILES string of the molecule is Clc1ccc(Cc2nc(Cc3ccccc3)oc2Br)cc1. The fourth-order valence-electron chi connectivity index (χ4n) is 2.13. The summed E-state index contributed by atoms with van der Waals surface area (Å²) >= 11 is 9.34. The first-order chi connectivity index (χ1) is 10.2. The largest absolute Gasteiger partial charge is 0.433 e. The third-order valence-corrected chi connectivity index (χ3v) is 4.05. The Bertz CT molecular complexity index is 722. The van der Waals surface area contributed by atoms with Crippen LogP contribution in [0.5, 0.6) is 0 Å². The summed E-state index contributed by atoms with van der Waals surface area (Å²) in [6, 6.07) is 17.9. The van der Waals surface area contributed by atoms with Crippen LogP contribution in [0.3, 0.4) is 0 Å². The second-order valence-electron chi connectivity index (χ2n) is 4.79. The molecule has 0 spiro atoms. The van der Waals surface area contributed by atoms with Crippen LogP contribution in [0.2, 0.25) is 5.02 Å². The van der Waals surface area contributed by atoms with E-state index in [0.29, 0.717) is 11.1 Å². The average Bonchev–Trinajstić information content (AvgIpc) is 2.82. The quantitative estimate of drug-likeness (QED) is 0.632. The van der Waals surface area contributed by atoms with Gasteiger partial charge in [0, 0.05) is 17.9 Å². The van der Waals surface area contributed by atoms with Gasteiger partial charge < -0.3 is 4.42 Å². The molecule has 0 bridgehead atoms. The highest BCUT2D eigenvalue weighted by atomic mass is 79.9. The molecule has 0 saturated heterocycles. The third-order valence-electron chi connectivity index (χ3n) is 3.18. The average molecular weight is 363 g/mol. The molecule has 0 unspecified atom stereocenters. The first-order valence-corrected chi connectivity index (χ1v) is 7.80. The molecule has 0 atom stereocenters. The Labute approximate surface area is 136 Å². The number of halogens is 2. The van der Waals surface area contributed by atoms with Crippen molar-refractivity contribution >= 4 is 27.5 Å². The van der Waals surface area contributed by atoms with Crippen LogP contribution in [0.25, 0.3) is 0 Å². The van der Waals surface area contributed by atoms with Crippen LogP contribution in [0.4, 0.5) is 0 Å². The zero-order valence-corrected chi connectivity index (χ0v) is 13.6. The van der Waals surface area contributed by atoms with Crippen molar-refractivity contribution in [3.63, 3.8) is 0 Å². The molecule has 21 heavy (non-hydrogen) atoms. The van der Waals surface area contributed by atoms with Gasteiger partial charge in [-0.25, -0.2) is 4.98 Å². The predicted octanol–water partition coefficient (Wildman–Crippen LogP) is 5.27. The van der Waals surface area contributed by atoms with Gasteiger partial charge in [-0.1, -0.05) is 54.1 Å². The molecule has 0 aliphatic carbocycles. The predicted molar refractivity (Wildman–Crippen MR) is 87.7 cm³/mol. The molecule has 0 aliphatic rings. The maximum absolute atomic E-state index is 5.90. The van der Waals surface area contributed by atoms with Gasteiger partial charge in [0.25, 0.3) is 0 Å². The number of oxazole rings is 1. The lowest BCUT2D eigenvalue weighted by Gasteiger charge is -1.98. The van der Waals surface area contributed by atoms with Crippen molar-refractivity contribution in [2.24, 2.45) is 0 Å². The van der Waals surface area contributed by atoms with E-state index in [4.69, 9.17) is 16.0 Å². The summed E-state index contributed by atoms with van der Waals surface area (Å²) in [4.78, 5) is 4.58. The van der Waals surface area contributed by atoms with Crippen LogP contribution < -0.4 is 0 Å². The van der Waals surface area contributed by atoms with Crippen LogP contribution in [0.15, 0.2) is 63.7 Å². The highest BCUT2D eigenvalue weighted by molar-refractivity contribution is 9.10. The van der Waals surface area contributed by atoms with E-state index in [0.717, 1.165) is 28.6 Å². The number of benzene rings is 2. The van der Waals surface area contributed by atoms with Crippen LogP contribution in [-0.2, 0) is 12.8 Å². The second kappa shape index (κ2) is 6.46. The first-order valence-electron chi connectivity index (χ1n) is 6.63. The molecule has 0 amide bonds. The lowest BCUT2D eigenvalue weighted by atomic mass is 10.1. The number of hydrogen-bond acceptors (Lipinski definition) is 2. The van der Waals surface area contributed by atoms with Gasteiger partial charge in [-0.2, -0.15) is 0 Å². The monoisotopic (exact) mass is 361 g/mol. The Kier molecular flexibility index (Phi) is 4.42. The van der Waals surface area contributed by atoms with Gasteiger partial charge in [0.2, 0.25) is 0 Å². The Morgan fingerprint density at radius 2 is 1.57 bits per heavy atom. The van der Waals surface area contributed by atoms with E-state index in [2.05, 4.69) is 33.0 Å². The van der Waals surface area contributed by atoms with Crippen molar-refractivity contribution in [3.8, 4) is 0 Å². The topological polar surface area (TPSA) is 26.0 Å². The van der Waals surface area contributed by atoms with Crippen LogP contribution in [-0.4, -0.2) is 4.98 Å². The van der Waals surface area contributed by atoms with Crippen molar-refractivity contribution in [2.45, 2.75) is 12.8 Å². The van der Waals surface area contributed by atoms with E-state index < -0.39 is 0 Å². The minimum absolute atomic E-state index is 0.695. The molecule has 2 aromatic carbocycles. The molecule has 3 rings (SSSR count).